The number of methoxy groups -OCH3 is 1. The van der Waals surface area contributed by atoms with Crippen LogP contribution in [0.3, 0.4) is 0 Å². The molecule has 1 unspecified atom stereocenters. The van der Waals surface area contributed by atoms with Gasteiger partial charge in [0.15, 0.2) is 5.78 Å². The van der Waals surface area contributed by atoms with Gasteiger partial charge in [0.1, 0.15) is 5.75 Å². The monoisotopic (exact) mass is 416 g/mol. The lowest BCUT2D eigenvalue weighted by Gasteiger charge is -2.17. The van der Waals surface area contributed by atoms with Crippen LogP contribution in [0, 0.1) is 0 Å². The van der Waals surface area contributed by atoms with Gasteiger partial charge in [-0.3, -0.25) is 4.79 Å². The zero-order valence-electron chi connectivity index (χ0n) is 14.7. The Hall–Kier alpha value is -1.94. The molecular formula is C22H18Cl2O2S. The third kappa shape index (κ3) is 5.29. The van der Waals surface area contributed by atoms with Crippen LogP contribution in [0.4, 0.5) is 0 Å². The van der Waals surface area contributed by atoms with Crippen LogP contribution in [0.5, 0.6) is 5.75 Å². The second kappa shape index (κ2) is 9.32. The smallest absolute Gasteiger partial charge is 0.164 e. The van der Waals surface area contributed by atoms with Gasteiger partial charge in [-0.1, -0.05) is 53.5 Å². The molecule has 0 bridgehead atoms. The maximum Gasteiger partial charge on any atom is 0.164 e. The van der Waals surface area contributed by atoms with Gasteiger partial charge in [-0.25, -0.2) is 0 Å². The Labute approximate surface area is 173 Å². The molecule has 138 valence electrons. The molecule has 0 fully saturated rings. The van der Waals surface area contributed by atoms with E-state index in [1.54, 1.807) is 49.2 Å². The molecule has 0 radical (unpaired) electrons. The zero-order valence-corrected chi connectivity index (χ0v) is 17.0. The van der Waals surface area contributed by atoms with Gasteiger partial charge < -0.3 is 4.74 Å². The molecule has 0 aliphatic rings. The summed E-state index contributed by atoms with van der Waals surface area (Å²) >= 11 is 13.9. The molecule has 0 aliphatic heterocycles. The molecular weight excluding hydrogens is 399 g/mol. The topological polar surface area (TPSA) is 26.3 Å². The molecule has 0 aromatic heterocycles. The normalized spacial score (nSPS) is 11.8. The fourth-order valence-electron chi connectivity index (χ4n) is 2.68. The molecule has 0 aliphatic carbocycles. The molecule has 0 N–H and O–H groups in total. The first-order valence-electron chi connectivity index (χ1n) is 8.40. The Bertz CT molecular complexity index is 911. The minimum atomic E-state index is -0.0560. The van der Waals surface area contributed by atoms with E-state index in [1.807, 2.05) is 42.5 Å². The quantitative estimate of drug-likeness (QED) is 0.303. The number of Topliss-reactive ketones (excluding diaryl/α,β-unsaturated/α-hetero) is 1. The highest BCUT2D eigenvalue weighted by Crippen LogP contribution is 2.42. The molecule has 0 saturated carbocycles. The van der Waals surface area contributed by atoms with Gasteiger partial charge in [0.2, 0.25) is 0 Å². The van der Waals surface area contributed by atoms with Gasteiger partial charge >= 0.3 is 0 Å². The number of benzene rings is 3. The predicted octanol–water partition coefficient (Wildman–Crippen LogP) is 7.11. The summed E-state index contributed by atoms with van der Waals surface area (Å²) in [6.45, 7) is 0. The van der Waals surface area contributed by atoms with E-state index < -0.39 is 0 Å². The Morgan fingerprint density at radius 2 is 1.70 bits per heavy atom. The van der Waals surface area contributed by atoms with Gasteiger partial charge in [-0.05, 0) is 48.0 Å². The minimum Gasteiger partial charge on any atom is -0.497 e. The number of thioether (sulfide) groups is 1. The van der Waals surface area contributed by atoms with Crippen molar-refractivity contribution in [1.29, 1.82) is 0 Å². The Morgan fingerprint density at radius 1 is 1.00 bits per heavy atom. The highest BCUT2D eigenvalue weighted by Gasteiger charge is 2.20. The molecule has 3 aromatic rings. The Balaban J connectivity index is 1.84. The molecule has 2 nitrogen and oxygen atoms in total. The molecule has 1 atom stereocenters. The van der Waals surface area contributed by atoms with Crippen LogP contribution in [0.25, 0.3) is 0 Å². The second-order valence-electron chi connectivity index (χ2n) is 5.95. The largest absolute Gasteiger partial charge is 0.497 e. The minimum absolute atomic E-state index is 0.0560. The third-order valence-electron chi connectivity index (χ3n) is 4.12. The Morgan fingerprint density at radius 3 is 2.33 bits per heavy atom. The number of carbonyl (C=O) groups is 1. The van der Waals surface area contributed by atoms with E-state index in [-0.39, 0.29) is 11.0 Å². The van der Waals surface area contributed by atoms with Crippen LogP contribution in [-0.4, -0.2) is 12.9 Å². The van der Waals surface area contributed by atoms with Crippen LogP contribution in [0.2, 0.25) is 10.0 Å². The first-order valence-corrected chi connectivity index (χ1v) is 10.0. The van der Waals surface area contributed by atoms with Crippen molar-refractivity contribution in [3.63, 3.8) is 0 Å². The summed E-state index contributed by atoms with van der Waals surface area (Å²) in [4.78, 5) is 13.7. The Kier molecular flexibility index (Phi) is 6.84. The summed E-state index contributed by atoms with van der Waals surface area (Å²) in [5.74, 6) is 0.803. The molecule has 0 spiro atoms. The van der Waals surface area contributed by atoms with Crippen molar-refractivity contribution in [2.45, 2.75) is 16.6 Å². The maximum atomic E-state index is 12.8. The molecule has 0 heterocycles. The van der Waals surface area contributed by atoms with Gasteiger partial charge in [-0.2, -0.15) is 0 Å². The van der Waals surface area contributed by atoms with E-state index in [4.69, 9.17) is 27.9 Å². The van der Waals surface area contributed by atoms with Crippen molar-refractivity contribution in [2.24, 2.45) is 0 Å². The lowest BCUT2D eigenvalue weighted by atomic mass is 10.0. The number of hydrogen-bond acceptors (Lipinski definition) is 3. The molecule has 0 saturated heterocycles. The summed E-state index contributed by atoms with van der Waals surface area (Å²) in [5.41, 5.74) is 1.75. The van der Waals surface area contributed by atoms with Crippen molar-refractivity contribution < 1.29 is 9.53 Å². The van der Waals surface area contributed by atoms with E-state index in [0.717, 1.165) is 16.2 Å². The lowest BCUT2D eigenvalue weighted by Crippen LogP contribution is -2.05. The van der Waals surface area contributed by atoms with Crippen molar-refractivity contribution in [1.82, 2.24) is 0 Å². The average molecular weight is 417 g/mol. The van der Waals surface area contributed by atoms with Crippen LogP contribution in [0.1, 0.15) is 27.6 Å². The lowest BCUT2D eigenvalue weighted by molar-refractivity contribution is 0.0982. The van der Waals surface area contributed by atoms with Crippen LogP contribution in [0.15, 0.2) is 77.7 Å². The van der Waals surface area contributed by atoms with Crippen molar-refractivity contribution in [3.05, 3.63) is 94.0 Å². The van der Waals surface area contributed by atoms with E-state index in [0.29, 0.717) is 22.0 Å². The third-order valence-corrected chi connectivity index (χ3v) is 6.11. The predicted molar refractivity (Wildman–Crippen MR) is 113 cm³/mol. The summed E-state index contributed by atoms with van der Waals surface area (Å²) in [6.07, 6.45) is 0.361. The number of carbonyl (C=O) groups excluding carboxylic acids is 1. The van der Waals surface area contributed by atoms with E-state index in [9.17, 15) is 4.79 Å². The first-order chi connectivity index (χ1) is 13.1. The summed E-state index contributed by atoms with van der Waals surface area (Å²) in [7, 11) is 1.61. The molecule has 3 aromatic carbocycles. The van der Waals surface area contributed by atoms with Crippen LogP contribution in [-0.2, 0) is 0 Å². The SMILES string of the molecule is COc1ccc(C(=O)CC(Sc2ccc(Cl)cc2Cl)c2ccccc2)cc1. The van der Waals surface area contributed by atoms with Crippen molar-refractivity contribution in [2.75, 3.05) is 7.11 Å². The fraction of sp³-hybridized carbons (Fsp3) is 0.136. The van der Waals surface area contributed by atoms with Crippen molar-refractivity contribution in [3.8, 4) is 5.75 Å². The van der Waals surface area contributed by atoms with E-state index >= 15 is 0 Å². The van der Waals surface area contributed by atoms with Crippen LogP contribution >= 0.6 is 35.0 Å². The number of rotatable bonds is 7. The highest BCUT2D eigenvalue weighted by atomic mass is 35.5. The van der Waals surface area contributed by atoms with Gasteiger partial charge in [0.05, 0.1) is 12.1 Å². The van der Waals surface area contributed by atoms with E-state index in [2.05, 4.69) is 0 Å². The number of ketones is 1. The maximum absolute atomic E-state index is 12.8. The summed E-state index contributed by atoms with van der Waals surface area (Å²) in [6, 6.07) is 22.6. The fourth-order valence-corrected chi connectivity index (χ4v) is 4.38. The average Bonchev–Trinajstić information content (AvgIpc) is 2.70. The molecule has 3 rings (SSSR count). The first kappa shape index (κ1) is 19.8. The molecule has 0 amide bonds. The highest BCUT2D eigenvalue weighted by molar-refractivity contribution is 7.99. The molecule has 27 heavy (non-hydrogen) atoms. The number of halogens is 2. The molecule has 5 heteroatoms. The van der Waals surface area contributed by atoms with E-state index in [1.165, 1.54) is 0 Å². The zero-order chi connectivity index (χ0) is 19.2. The second-order valence-corrected chi connectivity index (χ2v) is 8.04. The van der Waals surface area contributed by atoms with Gasteiger partial charge in [0.25, 0.3) is 0 Å². The standard InChI is InChI=1S/C22H18Cl2O2S/c1-26-18-10-7-15(8-11-18)20(25)14-22(16-5-3-2-4-6-16)27-21-12-9-17(23)13-19(21)24/h2-13,22H,14H2,1H3. The number of ether oxygens (including phenoxy) is 1. The summed E-state index contributed by atoms with van der Waals surface area (Å²) in [5, 5.41) is 1.12. The van der Waals surface area contributed by atoms with Crippen molar-refractivity contribution >= 4 is 40.7 Å². The number of hydrogen-bond donors (Lipinski definition) is 0. The summed E-state index contributed by atoms with van der Waals surface area (Å²) < 4.78 is 5.16. The van der Waals surface area contributed by atoms with Crippen LogP contribution < -0.4 is 4.74 Å². The van der Waals surface area contributed by atoms with Gasteiger partial charge in [0, 0.05) is 27.2 Å². The van der Waals surface area contributed by atoms with Gasteiger partial charge in [-0.15, -0.1) is 11.8 Å².